The third kappa shape index (κ3) is 0.972. The molecule has 62 valence electrons. The normalized spacial score (nSPS) is 10.4. The molecule has 0 fully saturated rings. The molecular formula is C8H8N2O2. The molecule has 0 aromatic carbocycles. The fourth-order valence-electron chi connectivity index (χ4n) is 1.14. The second-order valence-corrected chi connectivity index (χ2v) is 2.56. The van der Waals surface area contributed by atoms with Crippen LogP contribution in [0.2, 0.25) is 0 Å². The summed E-state index contributed by atoms with van der Waals surface area (Å²) in [6.45, 7) is 1.82. The first kappa shape index (κ1) is 6.97. The minimum atomic E-state index is -0.209. The molecule has 2 aromatic rings. The molecule has 0 aliphatic heterocycles. The Kier molecular flexibility index (Phi) is 1.40. The third-order valence-corrected chi connectivity index (χ3v) is 1.68. The molecule has 4 heteroatoms. The monoisotopic (exact) mass is 164 g/mol. The molecule has 0 aliphatic rings. The standard InChI is InChI=1S/C8H8N2O2/c1-5-7(10-8(11)9-5)6-3-2-4-12-6/h2-4H,1H3,(H2,9,10,11). The van der Waals surface area contributed by atoms with E-state index in [0.717, 1.165) is 5.69 Å². The number of H-pyrrole nitrogens is 2. The van der Waals surface area contributed by atoms with Gasteiger partial charge in [-0.3, -0.25) is 0 Å². The number of imidazole rings is 1. The summed E-state index contributed by atoms with van der Waals surface area (Å²) in [6, 6.07) is 3.58. The van der Waals surface area contributed by atoms with E-state index < -0.39 is 0 Å². The average molecular weight is 164 g/mol. The lowest BCUT2D eigenvalue weighted by molar-refractivity contribution is 0.580. The fourth-order valence-corrected chi connectivity index (χ4v) is 1.14. The van der Waals surface area contributed by atoms with E-state index in [1.807, 2.05) is 6.92 Å². The quantitative estimate of drug-likeness (QED) is 0.666. The highest BCUT2D eigenvalue weighted by Crippen LogP contribution is 2.17. The van der Waals surface area contributed by atoms with Gasteiger partial charge in [-0.05, 0) is 19.1 Å². The van der Waals surface area contributed by atoms with Crippen molar-refractivity contribution < 1.29 is 4.42 Å². The third-order valence-electron chi connectivity index (χ3n) is 1.68. The van der Waals surface area contributed by atoms with Gasteiger partial charge in [0.05, 0.1) is 6.26 Å². The van der Waals surface area contributed by atoms with Crippen molar-refractivity contribution in [3.63, 3.8) is 0 Å². The van der Waals surface area contributed by atoms with E-state index in [4.69, 9.17) is 4.42 Å². The molecule has 0 aliphatic carbocycles. The van der Waals surface area contributed by atoms with Crippen molar-refractivity contribution >= 4 is 0 Å². The highest BCUT2D eigenvalue weighted by Gasteiger charge is 2.06. The minimum Gasteiger partial charge on any atom is -0.463 e. The summed E-state index contributed by atoms with van der Waals surface area (Å²) in [5.41, 5.74) is 1.29. The zero-order valence-electron chi connectivity index (χ0n) is 6.55. The number of rotatable bonds is 1. The molecule has 2 rings (SSSR count). The van der Waals surface area contributed by atoms with Crippen molar-refractivity contribution in [3.05, 3.63) is 34.6 Å². The van der Waals surface area contributed by atoms with Gasteiger partial charge in [0.2, 0.25) is 0 Å². The minimum absolute atomic E-state index is 0.209. The van der Waals surface area contributed by atoms with Crippen LogP contribution in [0.3, 0.4) is 0 Å². The number of furan rings is 1. The maximum absolute atomic E-state index is 10.9. The van der Waals surface area contributed by atoms with Crippen molar-refractivity contribution in [2.24, 2.45) is 0 Å². The van der Waals surface area contributed by atoms with E-state index in [2.05, 4.69) is 9.97 Å². The van der Waals surface area contributed by atoms with E-state index in [1.165, 1.54) is 0 Å². The molecule has 0 unspecified atom stereocenters. The Morgan fingerprint density at radius 2 is 2.25 bits per heavy atom. The van der Waals surface area contributed by atoms with E-state index in [-0.39, 0.29) is 5.69 Å². The number of aromatic amines is 2. The number of nitrogens with one attached hydrogen (secondary N) is 2. The Labute approximate surface area is 68.2 Å². The molecular weight excluding hydrogens is 156 g/mol. The first-order chi connectivity index (χ1) is 5.77. The molecule has 0 amide bonds. The number of aromatic nitrogens is 2. The van der Waals surface area contributed by atoms with Crippen LogP contribution in [0.5, 0.6) is 0 Å². The number of hydrogen-bond donors (Lipinski definition) is 2. The van der Waals surface area contributed by atoms with Crippen LogP contribution >= 0.6 is 0 Å². The van der Waals surface area contributed by atoms with E-state index in [0.29, 0.717) is 11.5 Å². The SMILES string of the molecule is Cc1[nH]c(=O)[nH]c1-c1ccco1. The van der Waals surface area contributed by atoms with Gasteiger partial charge in [-0.1, -0.05) is 0 Å². The Morgan fingerprint density at radius 1 is 1.42 bits per heavy atom. The molecule has 2 N–H and O–H groups in total. The van der Waals surface area contributed by atoms with E-state index in [1.54, 1.807) is 18.4 Å². The number of aryl methyl sites for hydroxylation is 1. The van der Waals surface area contributed by atoms with Gasteiger partial charge in [0, 0.05) is 5.69 Å². The predicted molar refractivity (Wildman–Crippen MR) is 43.9 cm³/mol. The highest BCUT2D eigenvalue weighted by molar-refractivity contribution is 5.54. The van der Waals surface area contributed by atoms with Crippen LogP contribution in [0.4, 0.5) is 0 Å². The van der Waals surface area contributed by atoms with Crippen LogP contribution in [0.25, 0.3) is 11.5 Å². The lowest BCUT2D eigenvalue weighted by atomic mass is 10.3. The van der Waals surface area contributed by atoms with Crippen LogP contribution in [-0.4, -0.2) is 9.97 Å². The van der Waals surface area contributed by atoms with Crippen molar-refractivity contribution in [2.75, 3.05) is 0 Å². The molecule has 0 spiro atoms. The summed E-state index contributed by atoms with van der Waals surface area (Å²) >= 11 is 0. The van der Waals surface area contributed by atoms with E-state index in [9.17, 15) is 4.79 Å². The summed E-state index contributed by atoms with van der Waals surface area (Å²) in [5, 5.41) is 0. The molecule has 0 saturated carbocycles. The maximum Gasteiger partial charge on any atom is 0.323 e. The fraction of sp³-hybridized carbons (Fsp3) is 0.125. The van der Waals surface area contributed by atoms with Crippen LogP contribution < -0.4 is 5.69 Å². The van der Waals surface area contributed by atoms with Gasteiger partial charge < -0.3 is 14.4 Å². The van der Waals surface area contributed by atoms with Gasteiger partial charge in [0.15, 0.2) is 5.76 Å². The van der Waals surface area contributed by atoms with Crippen LogP contribution in [-0.2, 0) is 0 Å². The summed E-state index contributed by atoms with van der Waals surface area (Å²) < 4.78 is 5.12. The van der Waals surface area contributed by atoms with E-state index >= 15 is 0 Å². The van der Waals surface area contributed by atoms with Crippen molar-refractivity contribution in [1.29, 1.82) is 0 Å². The van der Waals surface area contributed by atoms with Crippen LogP contribution in [0.1, 0.15) is 5.69 Å². The molecule has 4 nitrogen and oxygen atoms in total. The van der Waals surface area contributed by atoms with Crippen molar-refractivity contribution in [3.8, 4) is 11.5 Å². The lowest BCUT2D eigenvalue weighted by Crippen LogP contribution is -2.00. The Hall–Kier alpha value is -1.71. The molecule has 0 saturated heterocycles. The van der Waals surface area contributed by atoms with Gasteiger partial charge in [0.1, 0.15) is 5.69 Å². The maximum atomic E-state index is 10.9. The molecule has 2 heterocycles. The van der Waals surface area contributed by atoms with Gasteiger partial charge in [0.25, 0.3) is 0 Å². The summed E-state index contributed by atoms with van der Waals surface area (Å²) in [6.07, 6.45) is 1.57. The van der Waals surface area contributed by atoms with Gasteiger partial charge in [-0.25, -0.2) is 4.79 Å². The van der Waals surface area contributed by atoms with Crippen molar-refractivity contribution in [2.45, 2.75) is 6.92 Å². The Balaban J connectivity index is 2.61. The predicted octanol–water partition coefficient (Wildman–Crippen LogP) is 1.27. The topological polar surface area (TPSA) is 61.8 Å². The van der Waals surface area contributed by atoms with Crippen LogP contribution in [0.15, 0.2) is 27.6 Å². The second kappa shape index (κ2) is 2.41. The van der Waals surface area contributed by atoms with Crippen molar-refractivity contribution in [1.82, 2.24) is 9.97 Å². The molecule has 2 aromatic heterocycles. The average Bonchev–Trinajstić information content (AvgIpc) is 2.58. The van der Waals surface area contributed by atoms with Crippen LogP contribution in [0, 0.1) is 6.92 Å². The summed E-state index contributed by atoms with van der Waals surface area (Å²) in [4.78, 5) is 16.1. The summed E-state index contributed by atoms with van der Waals surface area (Å²) in [7, 11) is 0. The highest BCUT2D eigenvalue weighted by atomic mass is 16.3. The second-order valence-electron chi connectivity index (χ2n) is 2.56. The Morgan fingerprint density at radius 3 is 2.75 bits per heavy atom. The molecule has 0 radical (unpaired) electrons. The summed E-state index contributed by atoms with van der Waals surface area (Å²) in [5.74, 6) is 0.672. The molecule has 12 heavy (non-hydrogen) atoms. The largest absolute Gasteiger partial charge is 0.463 e. The first-order valence-corrected chi connectivity index (χ1v) is 3.60. The zero-order chi connectivity index (χ0) is 8.55. The number of hydrogen-bond acceptors (Lipinski definition) is 2. The van der Waals surface area contributed by atoms with Gasteiger partial charge >= 0.3 is 5.69 Å². The van der Waals surface area contributed by atoms with Gasteiger partial charge in [-0.2, -0.15) is 0 Å². The molecule has 0 atom stereocenters. The van der Waals surface area contributed by atoms with Gasteiger partial charge in [-0.15, -0.1) is 0 Å². The lowest BCUT2D eigenvalue weighted by Gasteiger charge is -1.90. The Bertz CT molecular complexity index is 422. The zero-order valence-corrected chi connectivity index (χ0v) is 6.55. The molecule has 0 bridgehead atoms. The smallest absolute Gasteiger partial charge is 0.323 e. The first-order valence-electron chi connectivity index (χ1n) is 3.60.